The van der Waals surface area contributed by atoms with Crippen LogP contribution in [0.15, 0.2) is 5.57 Å². The molecule has 0 fully saturated rings. The van der Waals surface area contributed by atoms with Crippen molar-refractivity contribution in [2.24, 2.45) is 0 Å². The molecule has 0 saturated heterocycles. The fourth-order valence-electron chi connectivity index (χ4n) is 1.51. The number of nitrogens with two attached hydrogens (primary N) is 1. The van der Waals surface area contributed by atoms with Gasteiger partial charge in [-0.15, -0.1) is 0 Å². The lowest BCUT2D eigenvalue weighted by atomic mass is 10.1. The van der Waals surface area contributed by atoms with Gasteiger partial charge in [0.1, 0.15) is 29.3 Å². The molecular formula is C12H15N7. The van der Waals surface area contributed by atoms with Crippen LogP contribution in [0.4, 0.5) is 17.6 Å². The SMILES string of the molecule is CN(C)c1nc(N)nc(N(C)C)c1C=C(C#N)C#N. The number of anilines is 3. The second-order valence-electron chi connectivity index (χ2n) is 4.21. The highest BCUT2D eigenvalue weighted by atomic mass is 15.2. The Kier molecular flexibility index (Phi) is 4.27. The maximum absolute atomic E-state index is 8.87. The molecule has 1 aromatic heterocycles. The Hall–Kier alpha value is -2.80. The predicted octanol–water partition coefficient (Wildman–Crippen LogP) is 0.621. The molecule has 1 rings (SSSR count). The van der Waals surface area contributed by atoms with Crippen LogP contribution < -0.4 is 15.5 Å². The number of hydrogen-bond acceptors (Lipinski definition) is 7. The van der Waals surface area contributed by atoms with Crippen LogP contribution >= 0.6 is 0 Å². The Morgan fingerprint density at radius 3 is 1.79 bits per heavy atom. The third kappa shape index (κ3) is 3.11. The summed E-state index contributed by atoms with van der Waals surface area (Å²) in [5.41, 5.74) is 6.24. The van der Waals surface area contributed by atoms with Gasteiger partial charge in [0, 0.05) is 28.2 Å². The molecule has 0 bridgehead atoms. The van der Waals surface area contributed by atoms with Gasteiger partial charge in [0.25, 0.3) is 0 Å². The van der Waals surface area contributed by atoms with E-state index < -0.39 is 0 Å². The highest BCUT2D eigenvalue weighted by molar-refractivity contribution is 5.79. The highest BCUT2D eigenvalue weighted by Gasteiger charge is 2.15. The minimum atomic E-state index is -0.0143. The standard InChI is InChI=1S/C12H15N7/c1-18(2)10-9(5-8(6-13)7-14)11(19(3)4)17-12(15)16-10/h5H,1-4H3,(H2,15,16,17). The summed E-state index contributed by atoms with van der Waals surface area (Å²) in [7, 11) is 7.21. The van der Waals surface area contributed by atoms with Crippen LogP contribution in [0.5, 0.6) is 0 Å². The summed E-state index contributed by atoms with van der Waals surface area (Å²) in [5.74, 6) is 1.25. The smallest absolute Gasteiger partial charge is 0.223 e. The number of nitrogen functional groups attached to an aromatic ring is 1. The first-order valence-electron chi connectivity index (χ1n) is 5.44. The van der Waals surface area contributed by atoms with E-state index >= 15 is 0 Å². The van der Waals surface area contributed by atoms with Crippen molar-refractivity contribution in [2.45, 2.75) is 0 Å². The fraction of sp³-hybridized carbons (Fsp3) is 0.333. The summed E-state index contributed by atoms with van der Waals surface area (Å²) in [6, 6.07) is 3.65. The molecule has 0 radical (unpaired) electrons. The summed E-state index contributed by atoms with van der Waals surface area (Å²) >= 11 is 0. The van der Waals surface area contributed by atoms with E-state index in [0.29, 0.717) is 17.2 Å². The van der Waals surface area contributed by atoms with Crippen LogP contribution in [-0.2, 0) is 0 Å². The van der Waals surface area contributed by atoms with E-state index in [0.717, 1.165) is 0 Å². The quantitative estimate of drug-likeness (QED) is 0.791. The van der Waals surface area contributed by atoms with Gasteiger partial charge in [-0.3, -0.25) is 0 Å². The van der Waals surface area contributed by atoms with Crippen molar-refractivity contribution in [2.75, 3.05) is 43.7 Å². The highest BCUT2D eigenvalue weighted by Crippen LogP contribution is 2.28. The molecule has 2 N–H and O–H groups in total. The summed E-state index contributed by atoms with van der Waals surface area (Å²) in [6.45, 7) is 0. The number of allylic oxidation sites excluding steroid dienone is 1. The third-order valence-electron chi connectivity index (χ3n) is 2.30. The van der Waals surface area contributed by atoms with Crippen molar-refractivity contribution in [3.63, 3.8) is 0 Å². The van der Waals surface area contributed by atoms with E-state index in [2.05, 4.69) is 9.97 Å². The Bertz CT molecular complexity index is 542. The topological polar surface area (TPSA) is 106 Å². The summed E-state index contributed by atoms with van der Waals surface area (Å²) in [6.07, 6.45) is 1.46. The van der Waals surface area contributed by atoms with Gasteiger partial charge < -0.3 is 15.5 Å². The Balaban J connectivity index is 3.63. The fourth-order valence-corrected chi connectivity index (χ4v) is 1.51. The lowest BCUT2D eigenvalue weighted by Gasteiger charge is -2.20. The maximum Gasteiger partial charge on any atom is 0.223 e. The zero-order valence-electron chi connectivity index (χ0n) is 11.3. The van der Waals surface area contributed by atoms with Gasteiger partial charge in [-0.2, -0.15) is 20.5 Å². The first-order chi connectivity index (χ1) is 8.90. The van der Waals surface area contributed by atoms with Crippen LogP contribution in [0.3, 0.4) is 0 Å². The van der Waals surface area contributed by atoms with Gasteiger partial charge >= 0.3 is 0 Å². The van der Waals surface area contributed by atoms with Crippen molar-refractivity contribution in [3.05, 3.63) is 11.1 Å². The zero-order chi connectivity index (χ0) is 14.6. The van der Waals surface area contributed by atoms with Crippen LogP contribution in [0.2, 0.25) is 0 Å². The third-order valence-corrected chi connectivity index (χ3v) is 2.30. The van der Waals surface area contributed by atoms with Gasteiger partial charge in [-0.05, 0) is 6.08 Å². The molecule has 98 valence electrons. The lowest BCUT2D eigenvalue weighted by molar-refractivity contribution is 0.999. The van der Waals surface area contributed by atoms with Gasteiger partial charge in [0.15, 0.2) is 0 Å². The molecule has 19 heavy (non-hydrogen) atoms. The Morgan fingerprint density at radius 2 is 1.47 bits per heavy atom. The molecule has 0 aliphatic rings. The van der Waals surface area contributed by atoms with Crippen molar-refractivity contribution < 1.29 is 0 Å². The Morgan fingerprint density at radius 1 is 1.05 bits per heavy atom. The summed E-state index contributed by atoms with van der Waals surface area (Å²) in [5, 5.41) is 17.7. The molecule has 1 aromatic rings. The molecule has 7 nitrogen and oxygen atoms in total. The molecule has 0 unspecified atom stereocenters. The number of hydrogen-bond donors (Lipinski definition) is 1. The first-order valence-corrected chi connectivity index (χ1v) is 5.44. The van der Waals surface area contributed by atoms with Crippen molar-refractivity contribution in [1.29, 1.82) is 10.5 Å². The average molecular weight is 257 g/mol. The molecule has 0 saturated carbocycles. The number of nitrogens with zero attached hydrogens (tertiary/aromatic N) is 6. The largest absolute Gasteiger partial charge is 0.368 e. The Labute approximate surface area is 112 Å². The van der Waals surface area contributed by atoms with Crippen LogP contribution in [0.1, 0.15) is 5.56 Å². The first kappa shape index (κ1) is 14.3. The molecule has 0 aromatic carbocycles. The molecule has 1 heterocycles. The van der Waals surface area contributed by atoms with Crippen LogP contribution in [0, 0.1) is 22.7 Å². The van der Waals surface area contributed by atoms with E-state index in [-0.39, 0.29) is 11.5 Å². The maximum atomic E-state index is 8.87. The van der Waals surface area contributed by atoms with Crippen molar-refractivity contribution >= 4 is 23.7 Å². The minimum absolute atomic E-state index is 0.0143. The molecule has 0 aliphatic heterocycles. The van der Waals surface area contributed by atoms with Crippen LogP contribution in [-0.4, -0.2) is 38.2 Å². The number of rotatable bonds is 3. The van der Waals surface area contributed by atoms with Crippen molar-refractivity contribution in [1.82, 2.24) is 9.97 Å². The number of aromatic nitrogens is 2. The van der Waals surface area contributed by atoms with E-state index in [1.54, 1.807) is 38.0 Å². The molecule has 0 spiro atoms. The van der Waals surface area contributed by atoms with Gasteiger partial charge in [-0.25, -0.2) is 0 Å². The second kappa shape index (κ2) is 5.69. The van der Waals surface area contributed by atoms with Crippen molar-refractivity contribution in [3.8, 4) is 12.1 Å². The molecule has 7 heteroatoms. The van der Waals surface area contributed by atoms with E-state index in [1.165, 1.54) is 6.08 Å². The predicted molar refractivity (Wildman–Crippen MR) is 74.3 cm³/mol. The number of nitriles is 2. The van der Waals surface area contributed by atoms with Crippen LogP contribution in [0.25, 0.3) is 6.08 Å². The van der Waals surface area contributed by atoms with E-state index in [4.69, 9.17) is 16.3 Å². The second-order valence-corrected chi connectivity index (χ2v) is 4.21. The monoisotopic (exact) mass is 257 g/mol. The summed E-state index contributed by atoms with van der Waals surface area (Å²) in [4.78, 5) is 11.8. The van der Waals surface area contributed by atoms with E-state index in [9.17, 15) is 0 Å². The summed E-state index contributed by atoms with van der Waals surface area (Å²) < 4.78 is 0. The average Bonchev–Trinajstić information content (AvgIpc) is 2.36. The van der Waals surface area contributed by atoms with Gasteiger partial charge in [-0.1, -0.05) is 0 Å². The minimum Gasteiger partial charge on any atom is -0.368 e. The normalized spacial score (nSPS) is 9.16. The molecular weight excluding hydrogens is 242 g/mol. The zero-order valence-corrected chi connectivity index (χ0v) is 11.3. The van der Waals surface area contributed by atoms with E-state index in [1.807, 2.05) is 12.1 Å². The van der Waals surface area contributed by atoms with Gasteiger partial charge in [0.05, 0.1) is 5.56 Å². The molecule has 0 aliphatic carbocycles. The molecule has 0 atom stereocenters. The van der Waals surface area contributed by atoms with Gasteiger partial charge in [0.2, 0.25) is 5.95 Å². The lowest BCUT2D eigenvalue weighted by Crippen LogP contribution is -2.19. The molecule has 0 amide bonds.